The third-order valence-corrected chi connectivity index (χ3v) is 5.13. The van der Waals surface area contributed by atoms with E-state index in [2.05, 4.69) is 20.2 Å². The molecule has 1 N–H and O–H groups in total. The summed E-state index contributed by atoms with van der Waals surface area (Å²) in [5, 5.41) is 6.00. The molecule has 3 rings (SSSR count). The van der Waals surface area contributed by atoms with Crippen LogP contribution in [-0.4, -0.2) is 76.5 Å². The molecule has 180 valence electrons. The second-order valence-corrected chi connectivity index (χ2v) is 7.57. The van der Waals surface area contributed by atoms with Gasteiger partial charge in [0.25, 0.3) is 5.56 Å². The molecule has 1 amide bonds. The number of alkyl halides is 3. The molecule has 13 heteroatoms. The molecule has 1 atom stereocenters. The van der Waals surface area contributed by atoms with Crippen LogP contribution in [0.5, 0.6) is 5.75 Å². The first-order chi connectivity index (χ1) is 15.6. The fourth-order valence-corrected chi connectivity index (χ4v) is 3.14. The van der Waals surface area contributed by atoms with Gasteiger partial charge in [0.15, 0.2) is 0 Å². The zero-order valence-corrected chi connectivity index (χ0v) is 18.3. The Morgan fingerprint density at radius 3 is 2.48 bits per heavy atom. The molecule has 0 aromatic carbocycles. The Kier molecular flexibility index (Phi) is 7.84. The van der Waals surface area contributed by atoms with Crippen LogP contribution in [-0.2, 0) is 15.7 Å². The lowest BCUT2D eigenvalue weighted by atomic mass is 10.3. The molecule has 0 bridgehead atoms. The highest BCUT2D eigenvalue weighted by atomic mass is 19.4. The van der Waals surface area contributed by atoms with Crippen LogP contribution in [0.15, 0.2) is 23.4 Å². The highest BCUT2D eigenvalue weighted by molar-refractivity contribution is 5.76. The van der Waals surface area contributed by atoms with E-state index in [0.717, 1.165) is 12.4 Å². The number of carbonyl (C=O) groups is 1. The summed E-state index contributed by atoms with van der Waals surface area (Å²) in [6.07, 6.45) is -1.66. The number of H-pyrrole nitrogens is 1. The predicted molar refractivity (Wildman–Crippen MR) is 111 cm³/mol. The number of nitrogens with zero attached hydrogens (tertiary/aromatic N) is 5. The number of carbonyl (C=O) groups excluding carboxylic acids is 1. The maximum Gasteiger partial charge on any atom is 0.419 e. The lowest BCUT2D eigenvalue weighted by Crippen LogP contribution is -2.49. The van der Waals surface area contributed by atoms with Crippen molar-refractivity contribution in [2.24, 2.45) is 0 Å². The molecular weight excluding hydrogens is 445 g/mol. The zero-order chi connectivity index (χ0) is 24.0. The van der Waals surface area contributed by atoms with Crippen LogP contribution >= 0.6 is 0 Å². The van der Waals surface area contributed by atoms with Crippen molar-refractivity contribution in [3.8, 4) is 5.75 Å². The molecule has 2 aromatic rings. The number of nitrogens with one attached hydrogen (secondary N) is 1. The van der Waals surface area contributed by atoms with E-state index in [0.29, 0.717) is 37.5 Å². The van der Waals surface area contributed by atoms with Crippen molar-refractivity contribution in [2.45, 2.75) is 32.5 Å². The van der Waals surface area contributed by atoms with Crippen LogP contribution < -0.4 is 15.2 Å². The summed E-state index contributed by atoms with van der Waals surface area (Å²) in [5.74, 6) is 0.504. The molecule has 0 spiro atoms. The van der Waals surface area contributed by atoms with Crippen LogP contribution in [0.3, 0.4) is 0 Å². The van der Waals surface area contributed by atoms with Gasteiger partial charge in [-0.15, -0.1) is 0 Å². The summed E-state index contributed by atoms with van der Waals surface area (Å²) < 4.78 is 49.1. The predicted octanol–water partition coefficient (Wildman–Crippen LogP) is 1.41. The van der Waals surface area contributed by atoms with Crippen molar-refractivity contribution in [3.05, 3.63) is 40.1 Å². The SMILES string of the molecule is Cc1c(OC[C@H](C)OCCC(=O)N2CCN(c3ncc(C(F)(F)F)cn3)CC2)cn[nH]c1=O. The van der Waals surface area contributed by atoms with Gasteiger partial charge in [0.1, 0.15) is 12.4 Å². The summed E-state index contributed by atoms with van der Waals surface area (Å²) in [6.45, 7) is 5.50. The number of hydrogen-bond acceptors (Lipinski definition) is 8. The molecule has 10 nitrogen and oxygen atoms in total. The smallest absolute Gasteiger partial charge is 0.419 e. The van der Waals surface area contributed by atoms with Gasteiger partial charge in [-0.25, -0.2) is 15.1 Å². The zero-order valence-electron chi connectivity index (χ0n) is 18.3. The monoisotopic (exact) mass is 470 g/mol. The first-order valence-electron chi connectivity index (χ1n) is 10.4. The largest absolute Gasteiger partial charge is 0.489 e. The molecule has 0 radical (unpaired) electrons. The maximum atomic E-state index is 12.6. The summed E-state index contributed by atoms with van der Waals surface area (Å²) in [7, 11) is 0. The number of aromatic nitrogens is 4. The van der Waals surface area contributed by atoms with Crippen LogP contribution in [0.25, 0.3) is 0 Å². The number of amides is 1. The number of rotatable bonds is 8. The fraction of sp³-hybridized carbons (Fsp3) is 0.550. The Bertz CT molecular complexity index is 991. The molecule has 3 heterocycles. The standard InChI is InChI=1S/C20H25F3N6O4/c1-13(12-33-16-11-26-27-18(31)14(16)2)32-8-3-17(30)28-4-6-29(7-5-28)19-24-9-15(10-25-19)20(21,22)23/h9-11,13H,3-8,12H2,1-2H3,(H,27,31)/t13-/m0/s1. The van der Waals surface area contributed by atoms with E-state index < -0.39 is 11.7 Å². The molecule has 1 saturated heterocycles. The number of ether oxygens (including phenoxy) is 2. The molecule has 1 aliphatic heterocycles. The number of anilines is 1. The molecule has 2 aromatic heterocycles. The summed E-state index contributed by atoms with van der Waals surface area (Å²) in [5.41, 5.74) is -0.797. The minimum atomic E-state index is -4.48. The highest BCUT2D eigenvalue weighted by Crippen LogP contribution is 2.28. The van der Waals surface area contributed by atoms with Crippen molar-refractivity contribution in [2.75, 3.05) is 44.3 Å². The molecule has 1 aliphatic rings. The maximum absolute atomic E-state index is 12.6. The van der Waals surface area contributed by atoms with Crippen molar-refractivity contribution in [3.63, 3.8) is 0 Å². The van der Waals surface area contributed by atoms with Crippen LogP contribution in [0, 0.1) is 6.92 Å². The second kappa shape index (κ2) is 10.6. The van der Waals surface area contributed by atoms with E-state index in [1.807, 2.05) is 0 Å². The molecule has 0 unspecified atom stereocenters. The van der Waals surface area contributed by atoms with E-state index in [4.69, 9.17) is 9.47 Å². The van der Waals surface area contributed by atoms with Crippen LogP contribution in [0.2, 0.25) is 0 Å². The van der Waals surface area contributed by atoms with Gasteiger partial charge in [0.2, 0.25) is 11.9 Å². The second-order valence-electron chi connectivity index (χ2n) is 7.57. The molecule has 0 aliphatic carbocycles. The van der Waals surface area contributed by atoms with Gasteiger partial charge < -0.3 is 19.3 Å². The number of halogens is 3. The number of piperazine rings is 1. The third-order valence-electron chi connectivity index (χ3n) is 5.13. The molecule has 0 saturated carbocycles. The Hall–Kier alpha value is -3.22. The van der Waals surface area contributed by atoms with Gasteiger partial charge in [0, 0.05) is 38.6 Å². The van der Waals surface area contributed by atoms with E-state index in [1.54, 1.807) is 23.6 Å². The van der Waals surface area contributed by atoms with Gasteiger partial charge >= 0.3 is 6.18 Å². The first kappa shape index (κ1) is 24.4. The Morgan fingerprint density at radius 1 is 1.18 bits per heavy atom. The van der Waals surface area contributed by atoms with Crippen molar-refractivity contribution in [1.82, 2.24) is 25.1 Å². The molecule has 1 fully saturated rings. The summed E-state index contributed by atoms with van der Waals surface area (Å²) in [4.78, 5) is 34.9. The van der Waals surface area contributed by atoms with Gasteiger partial charge in [-0.3, -0.25) is 9.59 Å². The first-order valence-corrected chi connectivity index (χ1v) is 10.4. The minimum absolute atomic E-state index is 0.0780. The van der Waals surface area contributed by atoms with E-state index >= 15 is 0 Å². The van der Waals surface area contributed by atoms with Gasteiger partial charge in [-0.05, 0) is 13.8 Å². The third kappa shape index (κ3) is 6.63. The Balaban J connectivity index is 1.37. The Labute approximate surface area is 187 Å². The average Bonchev–Trinajstić information content (AvgIpc) is 2.79. The highest BCUT2D eigenvalue weighted by Gasteiger charge is 2.32. The number of hydrogen-bond donors (Lipinski definition) is 1. The van der Waals surface area contributed by atoms with Crippen molar-refractivity contribution < 1.29 is 27.4 Å². The van der Waals surface area contributed by atoms with Gasteiger partial charge in [0.05, 0.1) is 36.5 Å². The Morgan fingerprint density at radius 2 is 1.85 bits per heavy atom. The molecule has 33 heavy (non-hydrogen) atoms. The lowest BCUT2D eigenvalue weighted by Gasteiger charge is -2.34. The van der Waals surface area contributed by atoms with E-state index in [9.17, 15) is 22.8 Å². The van der Waals surface area contributed by atoms with Gasteiger partial charge in [-0.2, -0.15) is 18.3 Å². The van der Waals surface area contributed by atoms with E-state index in [-0.39, 0.29) is 43.2 Å². The summed E-state index contributed by atoms with van der Waals surface area (Å²) in [6, 6.07) is 0. The minimum Gasteiger partial charge on any atom is -0.489 e. The normalized spacial score (nSPS) is 15.4. The van der Waals surface area contributed by atoms with Crippen molar-refractivity contribution >= 4 is 11.9 Å². The topological polar surface area (TPSA) is 114 Å². The molecular formula is C20H25F3N6O4. The number of aromatic amines is 1. The fourth-order valence-electron chi connectivity index (χ4n) is 3.14. The average molecular weight is 470 g/mol. The van der Waals surface area contributed by atoms with Crippen LogP contribution in [0.4, 0.5) is 19.1 Å². The van der Waals surface area contributed by atoms with Crippen LogP contribution in [0.1, 0.15) is 24.5 Å². The van der Waals surface area contributed by atoms with Crippen molar-refractivity contribution in [1.29, 1.82) is 0 Å². The van der Waals surface area contributed by atoms with E-state index in [1.165, 1.54) is 6.20 Å². The lowest BCUT2D eigenvalue weighted by molar-refractivity contribution is -0.138. The quantitative estimate of drug-likeness (QED) is 0.616. The van der Waals surface area contributed by atoms with Gasteiger partial charge in [-0.1, -0.05) is 0 Å². The summed E-state index contributed by atoms with van der Waals surface area (Å²) >= 11 is 0.